The highest BCUT2D eigenvalue weighted by molar-refractivity contribution is 5.71. The van der Waals surface area contributed by atoms with E-state index >= 15 is 0 Å². The van der Waals surface area contributed by atoms with Crippen LogP contribution in [-0.4, -0.2) is 37.2 Å². The van der Waals surface area contributed by atoms with Crippen molar-refractivity contribution in [3.8, 4) is 0 Å². The summed E-state index contributed by atoms with van der Waals surface area (Å²) >= 11 is 0. The van der Waals surface area contributed by atoms with Gasteiger partial charge in [0.25, 0.3) is 0 Å². The lowest BCUT2D eigenvalue weighted by Crippen LogP contribution is -2.30. The number of hydrogen-bond acceptors (Lipinski definition) is 6. The van der Waals surface area contributed by atoms with E-state index in [-0.39, 0.29) is 31.1 Å². The highest BCUT2D eigenvalue weighted by Crippen LogP contribution is 2.15. The van der Waals surface area contributed by atoms with Crippen LogP contribution in [0.5, 0.6) is 0 Å². The Morgan fingerprint density at radius 3 is 0.985 bits per heavy atom. The van der Waals surface area contributed by atoms with E-state index in [1.54, 1.807) is 0 Å². The highest BCUT2D eigenvalue weighted by Gasteiger charge is 2.19. The molecule has 0 amide bonds. The van der Waals surface area contributed by atoms with Crippen molar-refractivity contribution >= 4 is 17.9 Å². The first-order valence-electron chi connectivity index (χ1n) is 27.9. The second-order valence-corrected chi connectivity index (χ2v) is 18.5. The third kappa shape index (κ3) is 51.8. The fraction of sp³-hybridized carbons (Fsp3) is 0.750. The van der Waals surface area contributed by atoms with Crippen molar-refractivity contribution in [1.82, 2.24) is 0 Å². The minimum atomic E-state index is -0.776. The van der Waals surface area contributed by atoms with Gasteiger partial charge >= 0.3 is 17.9 Å². The summed E-state index contributed by atoms with van der Waals surface area (Å²) < 4.78 is 16.8. The molecule has 0 spiro atoms. The maximum absolute atomic E-state index is 12.8. The Hall–Kier alpha value is -3.15. The van der Waals surface area contributed by atoms with E-state index in [2.05, 4.69) is 93.7 Å². The molecule has 6 nitrogen and oxygen atoms in total. The predicted molar refractivity (Wildman–Crippen MR) is 284 cm³/mol. The lowest BCUT2D eigenvalue weighted by molar-refractivity contribution is -0.167. The molecule has 0 bridgehead atoms. The van der Waals surface area contributed by atoms with Crippen molar-refractivity contribution in [2.75, 3.05) is 13.2 Å². The van der Waals surface area contributed by atoms with Gasteiger partial charge in [-0.05, 0) is 83.5 Å². The molecule has 0 aliphatic heterocycles. The maximum Gasteiger partial charge on any atom is 0.306 e. The molecule has 0 aliphatic carbocycles. The Balaban J connectivity index is 4.17. The molecule has 380 valence electrons. The molecule has 0 fully saturated rings. The molecule has 0 aromatic heterocycles. The van der Waals surface area contributed by atoms with Crippen LogP contribution in [-0.2, 0) is 28.6 Å². The summed E-state index contributed by atoms with van der Waals surface area (Å²) in [6.07, 6.45) is 69.0. The predicted octanol–water partition coefficient (Wildman–Crippen LogP) is 18.6. The fourth-order valence-corrected chi connectivity index (χ4v) is 7.74. The van der Waals surface area contributed by atoms with E-state index in [0.29, 0.717) is 19.3 Å². The van der Waals surface area contributed by atoms with Gasteiger partial charge in [0.05, 0.1) is 0 Å². The molecule has 6 heteroatoms. The van der Waals surface area contributed by atoms with E-state index < -0.39 is 6.10 Å². The Kier molecular flexibility index (Phi) is 51.9. The molecular weight excluding hydrogens is 817 g/mol. The molecule has 1 unspecified atom stereocenters. The van der Waals surface area contributed by atoms with Crippen molar-refractivity contribution in [2.45, 2.75) is 277 Å². The number of hydrogen-bond donors (Lipinski definition) is 0. The number of unbranched alkanes of at least 4 members (excludes halogenated alkanes) is 27. The van der Waals surface area contributed by atoms with E-state index in [0.717, 1.165) is 103 Å². The summed E-state index contributed by atoms with van der Waals surface area (Å²) in [5.41, 5.74) is 0. The summed E-state index contributed by atoms with van der Waals surface area (Å²) in [6.45, 7) is 6.47. The molecular formula is C60H104O6. The maximum atomic E-state index is 12.8. The average molecular weight is 921 g/mol. The lowest BCUT2D eigenvalue weighted by Gasteiger charge is -2.18. The summed E-state index contributed by atoms with van der Waals surface area (Å²) in [4.78, 5) is 37.9. The first kappa shape index (κ1) is 62.8. The summed E-state index contributed by atoms with van der Waals surface area (Å²) in [5.74, 6) is -0.887. The first-order chi connectivity index (χ1) is 32.5. The molecule has 1 atom stereocenters. The van der Waals surface area contributed by atoms with Crippen molar-refractivity contribution in [2.24, 2.45) is 0 Å². The summed E-state index contributed by atoms with van der Waals surface area (Å²) in [7, 11) is 0. The minimum Gasteiger partial charge on any atom is -0.462 e. The van der Waals surface area contributed by atoms with Crippen LogP contribution in [0.15, 0.2) is 72.9 Å². The van der Waals surface area contributed by atoms with E-state index in [4.69, 9.17) is 14.2 Å². The SMILES string of the molecule is CC/C=C\C/C=C\C/C=C\C/C=C\C/C=C\CCCCCCCCCCCCCC(=O)OCC(COC(=O)CCCCCCCCCCCC)OC(=O)CCCCCCC/C=C\CCCC. The van der Waals surface area contributed by atoms with Crippen molar-refractivity contribution in [3.05, 3.63) is 72.9 Å². The first-order valence-corrected chi connectivity index (χ1v) is 27.9. The number of esters is 3. The molecule has 0 aromatic rings. The van der Waals surface area contributed by atoms with Crippen LogP contribution < -0.4 is 0 Å². The van der Waals surface area contributed by atoms with Gasteiger partial charge in [-0.15, -0.1) is 0 Å². The standard InChI is InChI=1S/C60H104O6/c1-4-7-10-13-16-19-22-23-24-25-26-27-28-29-30-31-32-33-34-35-36-37-39-41-44-47-50-53-59(62)65-56-57(55-64-58(61)52-49-46-43-40-21-18-15-12-9-6-3)66-60(63)54-51-48-45-42-38-20-17-14-11-8-5-2/h7,10,14,16-17,19,23-24,26-27,29-30,57H,4-6,8-9,11-13,15,18,20-22,25,28,31-56H2,1-3H3/b10-7-,17-14-,19-16-,24-23-,27-26-,30-29-. The van der Waals surface area contributed by atoms with Crippen LogP contribution in [0.25, 0.3) is 0 Å². The zero-order valence-electron chi connectivity index (χ0n) is 43.4. The third-order valence-corrected chi connectivity index (χ3v) is 11.9. The molecule has 0 N–H and O–H groups in total. The normalized spacial score (nSPS) is 12.6. The number of carbonyl (C=O) groups is 3. The van der Waals surface area contributed by atoms with Gasteiger partial charge in [-0.25, -0.2) is 0 Å². The number of rotatable bonds is 50. The topological polar surface area (TPSA) is 78.9 Å². The number of carbonyl (C=O) groups excluding carboxylic acids is 3. The van der Waals surface area contributed by atoms with E-state index in [1.165, 1.54) is 128 Å². The minimum absolute atomic E-state index is 0.0769. The molecule has 0 heterocycles. The second kappa shape index (κ2) is 54.5. The Bertz CT molecular complexity index is 1240. The van der Waals surface area contributed by atoms with Crippen LogP contribution >= 0.6 is 0 Å². The average Bonchev–Trinajstić information content (AvgIpc) is 3.31. The Labute approximate surface area is 408 Å². The monoisotopic (exact) mass is 921 g/mol. The second-order valence-electron chi connectivity index (χ2n) is 18.5. The summed E-state index contributed by atoms with van der Waals surface area (Å²) in [6, 6.07) is 0. The Morgan fingerprint density at radius 2 is 0.606 bits per heavy atom. The van der Waals surface area contributed by atoms with Gasteiger partial charge in [-0.3, -0.25) is 14.4 Å². The van der Waals surface area contributed by atoms with Crippen molar-refractivity contribution in [1.29, 1.82) is 0 Å². The zero-order chi connectivity index (χ0) is 47.9. The van der Waals surface area contributed by atoms with Gasteiger partial charge in [0.2, 0.25) is 0 Å². The van der Waals surface area contributed by atoms with Gasteiger partial charge in [0.1, 0.15) is 13.2 Å². The number of allylic oxidation sites excluding steroid dienone is 12. The van der Waals surface area contributed by atoms with Crippen LogP contribution in [0.3, 0.4) is 0 Å². The van der Waals surface area contributed by atoms with Gasteiger partial charge < -0.3 is 14.2 Å². The molecule has 0 rings (SSSR count). The van der Waals surface area contributed by atoms with E-state index in [1.807, 2.05) is 0 Å². The van der Waals surface area contributed by atoms with Crippen LogP contribution in [0.1, 0.15) is 271 Å². The zero-order valence-corrected chi connectivity index (χ0v) is 43.4. The molecule has 0 aliphatic rings. The summed E-state index contributed by atoms with van der Waals surface area (Å²) in [5, 5.41) is 0. The highest BCUT2D eigenvalue weighted by atomic mass is 16.6. The Morgan fingerprint density at radius 1 is 0.318 bits per heavy atom. The van der Waals surface area contributed by atoms with Crippen LogP contribution in [0, 0.1) is 0 Å². The molecule has 0 aromatic carbocycles. The largest absolute Gasteiger partial charge is 0.462 e. The van der Waals surface area contributed by atoms with Gasteiger partial charge in [0, 0.05) is 19.3 Å². The van der Waals surface area contributed by atoms with Gasteiger partial charge in [-0.2, -0.15) is 0 Å². The van der Waals surface area contributed by atoms with Crippen LogP contribution in [0.2, 0.25) is 0 Å². The molecule has 66 heavy (non-hydrogen) atoms. The van der Waals surface area contributed by atoms with Gasteiger partial charge in [0.15, 0.2) is 6.10 Å². The number of ether oxygens (including phenoxy) is 3. The van der Waals surface area contributed by atoms with Gasteiger partial charge in [-0.1, -0.05) is 241 Å². The van der Waals surface area contributed by atoms with E-state index in [9.17, 15) is 14.4 Å². The van der Waals surface area contributed by atoms with Crippen LogP contribution in [0.4, 0.5) is 0 Å². The van der Waals surface area contributed by atoms with Crippen molar-refractivity contribution in [3.63, 3.8) is 0 Å². The fourth-order valence-electron chi connectivity index (χ4n) is 7.74. The quantitative estimate of drug-likeness (QED) is 0.0262. The smallest absolute Gasteiger partial charge is 0.306 e. The van der Waals surface area contributed by atoms with Crippen molar-refractivity contribution < 1.29 is 28.6 Å². The molecule has 0 saturated carbocycles. The third-order valence-electron chi connectivity index (χ3n) is 11.9. The lowest BCUT2D eigenvalue weighted by atomic mass is 10.0. The molecule has 0 saturated heterocycles. The molecule has 0 radical (unpaired) electrons.